The molecule has 0 radical (unpaired) electrons. The summed E-state index contributed by atoms with van der Waals surface area (Å²) in [7, 11) is 0. The first-order chi connectivity index (χ1) is 48.6. The lowest BCUT2D eigenvalue weighted by atomic mass is 9.90. The fourth-order valence-electron chi connectivity index (χ4n) is 6.26. The van der Waals surface area contributed by atoms with Gasteiger partial charge in [-0.05, 0) is 19.3 Å². The van der Waals surface area contributed by atoms with E-state index in [0.717, 1.165) is 51.6 Å². The second kappa shape index (κ2) is 52.7. The third-order valence-corrected chi connectivity index (χ3v) is 12.0. The van der Waals surface area contributed by atoms with Gasteiger partial charge in [-0.1, -0.05) is 327 Å². The fraction of sp³-hybridized carbons (Fsp3) is 0.683. The van der Waals surface area contributed by atoms with Crippen LogP contribution >= 0.6 is 0 Å². The standard InChI is InChI=1S/4C7H12N2O.6C7H11NO.6C2H6/c1-5-8-9-6(10-5)7(2,3)4;1-5-8-6(9-10-5)7(2,3)4;1-5-8-6(10-9-5)7(2,3)4;1-5-6(7(2,3)4)9-10-8-5;1-7(2,3)6-4-9-5-8-6;1-7(2,3)6-4-8-5-9-6;1-7(2,3)6-4-8-9-5-6;1-7(2,3)6-8-4-5-9-6;1-7(2,3)6-4-5-9-8-6;1-7(2,3)6-4-5-8-9-6;6*1-2/h4*1-4H3;6*4-5H,1-3H3;6*1-2H3. The van der Waals surface area contributed by atoms with Crippen molar-refractivity contribution in [3.8, 4) is 0 Å². The lowest BCUT2D eigenvalue weighted by Crippen LogP contribution is -2.13. The molecule has 0 fully saturated rings. The van der Waals surface area contributed by atoms with Gasteiger partial charge in [-0.15, -0.1) is 10.2 Å². The molecule has 0 saturated carbocycles. The number of nitrogens with zero attached hydrogens (tertiary/aromatic N) is 14. The molecule has 0 aliphatic carbocycles. The molecule has 106 heavy (non-hydrogen) atoms. The van der Waals surface area contributed by atoms with E-state index in [1.165, 1.54) is 12.8 Å². The van der Waals surface area contributed by atoms with Crippen LogP contribution in [-0.4, -0.2) is 71.2 Å². The molecule has 10 heterocycles. The Morgan fingerprint density at radius 3 is 1.07 bits per heavy atom. The second-order valence-electron chi connectivity index (χ2n) is 32.4. The zero-order valence-electron chi connectivity index (χ0n) is 75.3. The van der Waals surface area contributed by atoms with E-state index in [2.05, 4.69) is 242 Å². The van der Waals surface area contributed by atoms with Crippen molar-refractivity contribution < 1.29 is 44.9 Å². The Morgan fingerprint density at radius 2 is 0.877 bits per heavy atom. The fourth-order valence-corrected chi connectivity index (χ4v) is 6.26. The summed E-state index contributed by atoms with van der Waals surface area (Å²) in [5, 5.41) is 33.7. The van der Waals surface area contributed by atoms with Crippen LogP contribution in [0.4, 0.5) is 0 Å². The van der Waals surface area contributed by atoms with Crippen molar-refractivity contribution in [2.45, 2.75) is 373 Å². The van der Waals surface area contributed by atoms with Crippen LogP contribution in [0, 0.1) is 27.7 Å². The monoisotopic (exact) mass is 1490 g/mol. The molecule has 0 bridgehead atoms. The summed E-state index contributed by atoms with van der Waals surface area (Å²) in [4.78, 5) is 20.1. The van der Waals surface area contributed by atoms with Gasteiger partial charge >= 0.3 is 0 Å². The highest BCUT2D eigenvalue weighted by molar-refractivity contribution is 5.15. The molecular weight excluding hydrogens is 1340 g/mol. The molecular formula is C82H150N14O10. The predicted octanol–water partition coefficient (Wildman–Crippen LogP) is 24.7. The van der Waals surface area contributed by atoms with Crippen LogP contribution in [-0.2, 0) is 54.1 Å². The van der Waals surface area contributed by atoms with Crippen molar-refractivity contribution >= 4 is 0 Å². The highest BCUT2D eigenvalue weighted by Gasteiger charge is 2.25. The van der Waals surface area contributed by atoms with Gasteiger partial charge in [0.05, 0.1) is 36.2 Å². The molecule has 10 rings (SSSR count). The van der Waals surface area contributed by atoms with Crippen LogP contribution < -0.4 is 0 Å². The van der Waals surface area contributed by atoms with Crippen molar-refractivity contribution in [1.29, 1.82) is 0 Å². The van der Waals surface area contributed by atoms with E-state index in [1.54, 1.807) is 63.7 Å². The summed E-state index contributed by atoms with van der Waals surface area (Å²) in [6, 6.07) is 3.78. The van der Waals surface area contributed by atoms with Gasteiger partial charge in [0, 0.05) is 80.3 Å². The minimum Gasteiger partial charge on any atom is -0.451 e. The van der Waals surface area contributed by atoms with Crippen LogP contribution in [0.3, 0.4) is 0 Å². The van der Waals surface area contributed by atoms with Crippen LogP contribution in [0.15, 0.2) is 120 Å². The number of aryl methyl sites for hydroxylation is 4. The first-order valence-electron chi connectivity index (χ1n) is 37.3. The van der Waals surface area contributed by atoms with Gasteiger partial charge in [0.15, 0.2) is 30.3 Å². The van der Waals surface area contributed by atoms with E-state index < -0.39 is 0 Å². The number of hydrogen-bond acceptors (Lipinski definition) is 24. The van der Waals surface area contributed by atoms with Gasteiger partial charge in [0.2, 0.25) is 23.6 Å². The highest BCUT2D eigenvalue weighted by atomic mass is 16.6. The minimum absolute atomic E-state index is 0.00222. The van der Waals surface area contributed by atoms with Gasteiger partial charge in [0.1, 0.15) is 48.0 Å². The Bertz CT molecular complexity index is 3010. The number of aromatic nitrogens is 14. The van der Waals surface area contributed by atoms with Crippen LogP contribution in [0.25, 0.3) is 0 Å². The van der Waals surface area contributed by atoms with Gasteiger partial charge < -0.3 is 40.3 Å². The average Bonchev–Trinajstić information content (AvgIpc) is 1.77. The maximum atomic E-state index is 5.23. The molecule has 0 atom stereocenters. The Labute approximate surface area is 641 Å². The SMILES string of the molecule is CC.CC.CC.CC.CC.CC.CC(C)(C)c1ccno1.CC(C)(C)c1ccon1.CC(C)(C)c1cnco1.CC(C)(C)c1cnoc1.CC(C)(C)c1cocn1.CC(C)(C)c1ncco1.Cc1nc(C(C)(C)C)no1.Cc1nnc(C(C)(C)C)o1.Cc1noc(C(C)(C)C)n1.Cc1nonc1C(C)(C)C. The molecule has 10 aromatic rings. The van der Waals surface area contributed by atoms with Gasteiger partial charge in [-0.3, -0.25) is 0 Å². The summed E-state index contributed by atoms with van der Waals surface area (Å²) in [6.45, 7) is 93.7. The molecule has 0 aliphatic heterocycles. The number of rotatable bonds is 0. The summed E-state index contributed by atoms with van der Waals surface area (Å²) in [5.41, 5.74) is 5.59. The van der Waals surface area contributed by atoms with Crippen LogP contribution in [0.1, 0.15) is 372 Å². The molecule has 24 heteroatoms. The van der Waals surface area contributed by atoms with Crippen molar-refractivity contribution in [2.75, 3.05) is 0 Å². The maximum Gasteiger partial charge on any atom is 0.232 e. The zero-order valence-corrected chi connectivity index (χ0v) is 75.3. The molecule has 24 nitrogen and oxygen atoms in total. The predicted molar refractivity (Wildman–Crippen MR) is 430 cm³/mol. The average molecular weight is 1490 g/mol. The van der Waals surface area contributed by atoms with E-state index in [4.69, 9.17) is 40.3 Å². The van der Waals surface area contributed by atoms with E-state index in [1.807, 2.05) is 151 Å². The summed E-state index contributed by atoms with van der Waals surface area (Å²) in [5.74, 6) is 6.78. The lowest BCUT2D eigenvalue weighted by Gasteiger charge is -2.13. The zero-order chi connectivity index (χ0) is 84.5. The minimum atomic E-state index is -0.0265. The molecule has 0 amide bonds. The smallest absolute Gasteiger partial charge is 0.232 e. The van der Waals surface area contributed by atoms with Crippen molar-refractivity contribution in [3.05, 3.63) is 156 Å². The highest BCUT2D eigenvalue weighted by Crippen LogP contribution is 2.26. The number of hydrogen-bond donors (Lipinski definition) is 0. The summed E-state index contributed by atoms with van der Waals surface area (Å²) in [6.07, 6.45) is 16.3. The van der Waals surface area contributed by atoms with Crippen molar-refractivity contribution in [2.24, 2.45) is 0 Å². The largest absolute Gasteiger partial charge is 0.451 e. The quantitative estimate of drug-likeness (QED) is 0.136. The molecule has 0 spiro atoms. The molecule has 0 N–H and O–H groups in total. The first kappa shape index (κ1) is 109. The van der Waals surface area contributed by atoms with Gasteiger partial charge in [-0.25, -0.2) is 19.6 Å². The normalized spacial score (nSPS) is 10.9. The molecule has 0 unspecified atom stereocenters. The molecule has 0 aromatic carbocycles. The van der Waals surface area contributed by atoms with Crippen LogP contribution in [0.2, 0.25) is 0 Å². The van der Waals surface area contributed by atoms with Crippen molar-refractivity contribution in [3.63, 3.8) is 0 Å². The topological polar surface area (TPSA) is 312 Å². The molecule has 0 saturated heterocycles. The second-order valence-corrected chi connectivity index (χ2v) is 32.4. The molecule has 10 aromatic heterocycles. The van der Waals surface area contributed by atoms with E-state index in [0.29, 0.717) is 29.4 Å². The van der Waals surface area contributed by atoms with E-state index in [9.17, 15) is 0 Å². The molecule has 608 valence electrons. The van der Waals surface area contributed by atoms with Crippen molar-refractivity contribution in [1.82, 2.24) is 71.2 Å². The Morgan fingerprint density at radius 1 is 0.349 bits per heavy atom. The Kier molecular flexibility index (Phi) is 54.1. The van der Waals surface area contributed by atoms with Gasteiger partial charge in [0.25, 0.3) is 0 Å². The first-order valence-corrected chi connectivity index (χ1v) is 37.3. The Hall–Kier alpha value is -8.18. The van der Waals surface area contributed by atoms with Crippen LogP contribution in [0.5, 0.6) is 0 Å². The Balaban J connectivity index is -0.000000258. The number of oxazole rings is 3. The maximum absolute atomic E-state index is 5.23. The van der Waals surface area contributed by atoms with E-state index in [-0.39, 0.29) is 54.1 Å². The molecule has 0 aliphatic rings. The van der Waals surface area contributed by atoms with Gasteiger partial charge in [-0.2, -0.15) is 9.97 Å². The summed E-state index contributed by atoms with van der Waals surface area (Å²) >= 11 is 0. The van der Waals surface area contributed by atoms with E-state index >= 15 is 0 Å². The summed E-state index contributed by atoms with van der Waals surface area (Å²) < 4.78 is 48.9. The third kappa shape index (κ3) is 50.3. The third-order valence-electron chi connectivity index (χ3n) is 12.0. The lowest BCUT2D eigenvalue weighted by molar-refractivity contribution is 0.295.